The van der Waals surface area contributed by atoms with Crippen molar-refractivity contribution in [2.75, 3.05) is 18.0 Å². The van der Waals surface area contributed by atoms with E-state index in [1.54, 1.807) is 6.26 Å². The summed E-state index contributed by atoms with van der Waals surface area (Å²) in [5, 5.41) is 18.9. The van der Waals surface area contributed by atoms with Gasteiger partial charge >= 0.3 is 0 Å². The van der Waals surface area contributed by atoms with Crippen LogP contribution in [-0.4, -0.2) is 33.0 Å². The lowest BCUT2D eigenvalue weighted by molar-refractivity contribution is 0.350. The molecule has 1 fully saturated rings. The van der Waals surface area contributed by atoms with E-state index in [9.17, 15) is 9.90 Å². The molecule has 4 rings (SSSR count). The maximum Gasteiger partial charge on any atom is 0.228 e. The average Bonchev–Trinajstić information content (AvgIpc) is 3.32. The number of anilines is 1. The van der Waals surface area contributed by atoms with E-state index in [1.165, 1.54) is 24.2 Å². The van der Waals surface area contributed by atoms with Gasteiger partial charge in [-0.3, -0.25) is 9.36 Å². The molecule has 2 unspecified atom stereocenters. The number of piperidine rings is 1. The monoisotopic (exact) mass is 416 g/mol. The molecule has 1 saturated heterocycles. The second-order valence-corrected chi connectivity index (χ2v) is 8.63. The molecule has 0 aromatic carbocycles. The van der Waals surface area contributed by atoms with Gasteiger partial charge in [-0.05, 0) is 30.4 Å². The summed E-state index contributed by atoms with van der Waals surface area (Å²) in [6.07, 6.45) is 3.93. The fourth-order valence-corrected chi connectivity index (χ4v) is 4.62. The van der Waals surface area contributed by atoms with Crippen molar-refractivity contribution in [1.82, 2.24) is 14.8 Å². The van der Waals surface area contributed by atoms with E-state index in [0.29, 0.717) is 29.9 Å². The highest BCUT2D eigenvalue weighted by molar-refractivity contribution is 7.98. The summed E-state index contributed by atoms with van der Waals surface area (Å²) < 4.78 is 12.9. The van der Waals surface area contributed by atoms with Gasteiger partial charge in [0.05, 0.1) is 18.6 Å². The van der Waals surface area contributed by atoms with Crippen LogP contribution >= 0.6 is 11.8 Å². The first-order valence-electron chi connectivity index (χ1n) is 9.63. The van der Waals surface area contributed by atoms with Crippen molar-refractivity contribution < 1.29 is 13.9 Å². The maximum atomic E-state index is 11.6. The van der Waals surface area contributed by atoms with Gasteiger partial charge in [0.15, 0.2) is 10.9 Å². The van der Waals surface area contributed by atoms with E-state index in [0.717, 1.165) is 36.2 Å². The Bertz CT molecular complexity index is 1000. The summed E-state index contributed by atoms with van der Waals surface area (Å²) in [7, 11) is 0. The van der Waals surface area contributed by atoms with Crippen molar-refractivity contribution in [2.24, 2.45) is 11.8 Å². The lowest BCUT2D eigenvalue weighted by Crippen LogP contribution is -2.40. The van der Waals surface area contributed by atoms with Gasteiger partial charge in [0.25, 0.3) is 0 Å². The van der Waals surface area contributed by atoms with E-state index < -0.39 is 11.2 Å². The topological polar surface area (TPSA) is 97.5 Å². The third-order valence-corrected chi connectivity index (χ3v) is 5.94. The van der Waals surface area contributed by atoms with Gasteiger partial charge in [0.2, 0.25) is 11.4 Å². The minimum absolute atomic E-state index is 0.393. The summed E-state index contributed by atoms with van der Waals surface area (Å²) in [5.41, 5.74) is -0.458. The molecule has 0 bridgehead atoms. The van der Waals surface area contributed by atoms with Crippen LogP contribution in [0.1, 0.15) is 31.8 Å². The van der Waals surface area contributed by atoms with Gasteiger partial charge in [0, 0.05) is 19.2 Å². The van der Waals surface area contributed by atoms with Crippen LogP contribution in [0.2, 0.25) is 0 Å². The minimum atomic E-state index is -0.458. The molecule has 9 heteroatoms. The van der Waals surface area contributed by atoms with Gasteiger partial charge in [-0.2, -0.15) is 0 Å². The van der Waals surface area contributed by atoms with Gasteiger partial charge < -0.3 is 18.8 Å². The molecule has 1 aliphatic heterocycles. The van der Waals surface area contributed by atoms with Crippen LogP contribution < -0.4 is 10.3 Å². The molecule has 154 valence electrons. The number of thioether (sulfide) groups is 1. The fourth-order valence-electron chi connectivity index (χ4n) is 3.80. The number of hydrogen-bond acceptors (Lipinski definition) is 8. The Balaban J connectivity index is 1.59. The Morgan fingerprint density at radius 1 is 1.21 bits per heavy atom. The Hall–Kier alpha value is -2.68. The Labute approximate surface area is 172 Å². The zero-order valence-electron chi connectivity index (χ0n) is 16.4. The summed E-state index contributed by atoms with van der Waals surface area (Å²) in [6.45, 7) is 6.93. The van der Waals surface area contributed by atoms with E-state index >= 15 is 0 Å². The van der Waals surface area contributed by atoms with E-state index in [4.69, 9.17) is 8.83 Å². The number of rotatable bonds is 6. The zero-order chi connectivity index (χ0) is 20.4. The predicted octanol–water partition coefficient (Wildman–Crippen LogP) is 3.35. The lowest BCUT2D eigenvalue weighted by Gasteiger charge is -2.35. The zero-order valence-corrected chi connectivity index (χ0v) is 17.3. The van der Waals surface area contributed by atoms with E-state index in [2.05, 4.69) is 28.9 Å². The summed E-state index contributed by atoms with van der Waals surface area (Å²) in [6, 6.07) is 5.09. The minimum Gasteiger partial charge on any atom is -0.502 e. The summed E-state index contributed by atoms with van der Waals surface area (Å²) in [5.74, 6) is 3.31. The summed E-state index contributed by atoms with van der Waals surface area (Å²) >= 11 is 1.43. The normalized spacial score (nSPS) is 19.6. The maximum absolute atomic E-state index is 11.6. The number of furan rings is 1. The van der Waals surface area contributed by atoms with Crippen molar-refractivity contribution in [2.45, 2.75) is 37.7 Å². The van der Waals surface area contributed by atoms with Crippen LogP contribution in [0.4, 0.5) is 5.95 Å². The predicted molar refractivity (Wildman–Crippen MR) is 109 cm³/mol. The van der Waals surface area contributed by atoms with Crippen molar-refractivity contribution >= 4 is 17.7 Å². The SMILES string of the molecule is CC1CC(C)CN(c2nnc(SCc3cc(=O)c(O)co3)n2Cc2ccco2)C1. The Morgan fingerprint density at radius 2 is 2.00 bits per heavy atom. The van der Waals surface area contributed by atoms with Gasteiger partial charge in [-0.15, -0.1) is 10.2 Å². The first-order valence-corrected chi connectivity index (χ1v) is 10.6. The standard InChI is InChI=1S/C20H24N4O4S/c1-13-6-14(2)9-23(8-13)19-21-22-20(24(19)10-15-4-3-5-27-15)29-12-16-7-17(25)18(26)11-28-16/h3-5,7,11,13-14,26H,6,8-10,12H2,1-2H3. The molecule has 3 aromatic rings. The molecule has 2 atom stereocenters. The van der Waals surface area contributed by atoms with Crippen LogP contribution in [0.15, 0.2) is 49.5 Å². The fraction of sp³-hybridized carbons (Fsp3) is 0.450. The van der Waals surface area contributed by atoms with Crippen molar-refractivity contribution in [3.8, 4) is 5.75 Å². The van der Waals surface area contributed by atoms with E-state index in [1.807, 2.05) is 16.7 Å². The van der Waals surface area contributed by atoms with Crippen LogP contribution in [0.25, 0.3) is 0 Å². The first kappa shape index (κ1) is 19.6. The third kappa shape index (κ3) is 4.50. The third-order valence-electron chi connectivity index (χ3n) is 4.95. The molecule has 4 heterocycles. The van der Waals surface area contributed by atoms with Gasteiger partial charge in [-0.1, -0.05) is 25.6 Å². The number of nitrogens with zero attached hydrogens (tertiary/aromatic N) is 4. The Morgan fingerprint density at radius 3 is 2.69 bits per heavy atom. The van der Waals surface area contributed by atoms with Crippen LogP contribution in [-0.2, 0) is 12.3 Å². The van der Waals surface area contributed by atoms with E-state index in [-0.39, 0.29) is 0 Å². The number of hydrogen-bond donors (Lipinski definition) is 1. The molecule has 0 aliphatic carbocycles. The molecule has 0 radical (unpaired) electrons. The molecule has 1 N–H and O–H groups in total. The van der Waals surface area contributed by atoms with Crippen LogP contribution in [0.3, 0.4) is 0 Å². The highest BCUT2D eigenvalue weighted by Gasteiger charge is 2.27. The molecular formula is C20H24N4O4S. The summed E-state index contributed by atoms with van der Waals surface area (Å²) in [4.78, 5) is 13.9. The molecular weight excluding hydrogens is 392 g/mol. The highest BCUT2D eigenvalue weighted by Crippen LogP contribution is 2.30. The lowest BCUT2D eigenvalue weighted by atomic mass is 9.92. The molecule has 8 nitrogen and oxygen atoms in total. The van der Waals surface area contributed by atoms with Crippen molar-refractivity contribution in [3.63, 3.8) is 0 Å². The molecule has 0 spiro atoms. The number of aromatic nitrogens is 3. The van der Waals surface area contributed by atoms with Crippen molar-refractivity contribution in [3.05, 3.63) is 52.5 Å². The molecule has 3 aromatic heterocycles. The number of aromatic hydroxyl groups is 1. The van der Waals surface area contributed by atoms with Crippen LogP contribution in [0, 0.1) is 11.8 Å². The smallest absolute Gasteiger partial charge is 0.228 e. The quantitative estimate of drug-likeness (QED) is 0.611. The van der Waals surface area contributed by atoms with Crippen LogP contribution in [0.5, 0.6) is 5.75 Å². The molecule has 0 saturated carbocycles. The second-order valence-electron chi connectivity index (χ2n) is 7.68. The molecule has 1 aliphatic rings. The Kier molecular flexibility index (Phi) is 5.66. The second kappa shape index (κ2) is 8.36. The molecule has 0 amide bonds. The molecule has 29 heavy (non-hydrogen) atoms. The highest BCUT2D eigenvalue weighted by atomic mass is 32.2. The largest absolute Gasteiger partial charge is 0.502 e. The first-order chi connectivity index (χ1) is 14.0. The van der Waals surface area contributed by atoms with Gasteiger partial charge in [0.1, 0.15) is 17.8 Å². The van der Waals surface area contributed by atoms with Gasteiger partial charge in [-0.25, -0.2) is 0 Å². The van der Waals surface area contributed by atoms with Crippen molar-refractivity contribution in [1.29, 1.82) is 0 Å². The average molecular weight is 417 g/mol.